The van der Waals surface area contributed by atoms with Gasteiger partial charge in [-0.3, -0.25) is 19.4 Å². The second-order valence-electron chi connectivity index (χ2n) is 7.02. The van der Waals surface area contributed by atoms with E-state index in [1.807, 2.05) is 39.0 Å². The zero-order chi connectivity index (χ0) is 18.6. The van der Waals surface area contributed by atoms with Crippen LogP contribution >= 0.6 is 0 Å². The van der Waals surface area contributed by atoms with Gasteiger partial charge in [0.25, 0.3) is 0 Å². The van der Waals surface area contributed by atoms with Crippen LogP contribution in [0.5, 0.6) is 0 Å². The number of amides is 2. The summed E-state index contributed by atoms with van der Waals surface area (Å²) in [5.74, 6) is 0.140. The van der Waals surface area contributed by atoms with Gasteiger partial charge in [0, 0.05) is 46.0 Å². The van der Waals surface area contributed by atoms with E-state index in [1.165, 1.54) is 5.56 Å². The van der Waals surface area contributed by atoms with E-state index in [4.69, 9.17) is 0 Å². The fourth-order valence-corrected chi connectivity index (χ4v) is 3.12. The molecule has 1 aliphatic heterocycles. The number of rotatable bonds is 5. The fraction of sp³-hybridized carbons (Fsp3) is 0.579. The number of nitrogens with zero attached hydrogens (tertiary/aromatic N) is 3. The highest BCUT2D eigenvalue weighted by molar-refractivity contribution is 5.93. The Bertz CT molecular complexity index is 622. The lowest BCUT2D eigenvalue weighted by Crippen LogP contribution is -2.54. The molecular weight excluding hydrogens is 316 g/mol. The third-order valence-electron chi connectivity index (χ3n) is 5.00. The first-order valence-corrected chi connectivity index (χ1v) is 8.83. The molecule has 6 heteroatoms. The molecule has 1 aliphatic rings. The van der Waals surface area contributed by atoms with Crippen LogP contribution in [0.1, 0.15) is 18.1 Å². The summed E-state index contributed by atoms with van der Waals surface area (Å²) >= 11 is 0. The average molecular weight is 346 g/mol. The summed E-state index contributed by atoms with van der Waals surface area (Å²) < 4.78 is 0. The molecule has 0 aromatic heterocycles. The normalized spacial score (nSPS) is 17.2. The summed E-state index contributed by atoms with van der Waals surface area (Å²) in [6, 6.07) is 5.83. The monoisotopic (exact) mass is 346 g/mol. The number of benzene rings is 1. The van der Waals surface area contributed by atoms with Crippen LogP contribution in [0.2, 0.25) is 0 Å². The van der Waals surface area contributed by atoms with Crippen LogP contribution in [0.3, 0.4) is 0 Å². The van der Waals surface area contributed by atoms with E-state index < -0.39 is 0 Å². The number of carbonyl (C=O) groups excluding carboxylic acids is 2. The van der Waals surface area contributed by atoms with Gasteiger partial charge in [0.1, 0.15) is 0 Å². The molecule has 2 rings (SSSR count). The van der Waals surface area contributed by atoms with Gasteiger partial charge in [-0.05, 0) is 38.0 Å². The molecule has 138 valence electrons. The zero-order valence-corrected chi connectivity index (χ0v) is 16.0. The number of hydrogen-bond donors (Lipinski definition) is 1. The first-order valence-electron chi connectivity index (χ1n) is 8.83. The van der Waals surface area contributed by atoms with Crippen LogP contribution in [0, 0.1) is 13.8 Å². The number of nitrogens with one attached hydrogen (secondary N) is 1. The Balaban J connectivity index is 1.82. The predicted molar refractivity (Wildman–Crippen MR) is 101 cm³/mol. The Morgan fingerprint density at radius 3 is 2.40 bits per heavy atom. The summed E-state index contributed by atoms with van der Waals surface area (Å²) in [6.07, 6.45) is 0. The lowest BCUT2D eigenvalue weighted by molar-refractivity contribution is -0.134. The molecule has 25 heavy (non-hydrogen) atoms. The predicted octanol–water partition coefficient (Wildman–Crippen LogP) is 1.34. The Morgan fingerprint density at radius 1 is 1.16 bits per heavy atom. The maximum absolute atomic E-state index is 12.3. The summed E-state index contributed by atoms with van der Waals surface area (Å²) in [7, 11) is 3.57. The maximum Gasteiger partial charge on any atom is 0.239 e. The Morgan fingerprint density at radius 2 is 1.80 bits per heavy atom. The molecule has 1 N–H and O–H groups in total. The van der Waals surface area contributed by atoms with Crippen molar-refractivity contribution < 1.29 is 9.59 Å². The van der Waals surface area contributed by atoms with Crippen molar-refractivity contribution in [1.82, 2.24) is 14.7 Å². The van der Waals surface area contributed by atoms with Gasteiger partial charge < -0.3 is 10.2 Å². The van der Waals surface area contributed by atoms with Gasteiger partial charge in [-0.2, -0.15) is 0 Å². The minimum Gasteiger partial charge on any atom is -0.347 e. The smallest absolute Gasteiger partial charge is 0.239 e. The van der Waals surface area contributed by atoms with E-state index >= 15 is 0 Å². The van der Waals surface area contributed by atoms with Crippen molar-refractivity contribution in [3.63, 3.8) is 0 Å². The van der Waals surface area contributed by atoms with E-state index in [1.54, 1.807) is 19.0 Å². The van der Waals surface area contributed by atoms with Crippen molar-refractivity contribution in [2.24, 2.45) is 0 Å². The van der Waals surface area contributed by atoms with Gasteiger partial charge in [0.15, 0.2) is 0 Å². The van der Waals surface area contributed by atoms with Crippen LogP contribution in [0.15, 0.2) is 18.2 Å². The average Bonchev–Trinajstić information content (AvgIpc) is 2.58. The van der Waals surface area contributed by atoms with Gasteiger partial charge in [0.05, 0.1) is 12.6 Å². The highest BCUT2D eigenvalue weighted by Crippen LogP contribution is 2.18. The molecule has 0 saturated carbocycles. The molecule has 6 nitrogen and oxygen atoms in total. The lowest BCUT2D eigenvalue weighted by Gasteiger charge is -2.37. The largest absolute Gasteiger partial charge is 0.347 e. The molecule has 0 bridgehead atoms. The molecule has 2 amide bonds. The molecular formula is C19H30N4O2. The molecule has 1 fully saturated rings. The first-order chi connectivity index (χ1) is 11.8. The van der Waals surface area contributed by atoms with Crippen LogP contribution in [-0.4, -0.2) is 79.4 Å². The van der Waals surface area contributed by atoms with Crippen LogP contribution in [0.25, 0.3) is 0 Å². The molecule has 1 atom stereocenters. The number of aryl methyl sites for hydroxylation is 1. The Kier molecular flexibility index (Phi) is 6.56. The molecule has 0 spiro atoms. The van der Waals surface area contributed by atoms with Gasteiger partial charge in [0.2, 0.25) is 11.8 Å². The SMILES string of the molecule is Cc1cccc(NC(=O)CN2CCN([C@@H](C)C(=O)N(C)C)CC2)c1C. The van der Waals surface area contributed by atoms with Crippen molar-refractivity contribution in [3.8, 4) is 0 Å². The zero-order valence-electron chi connectivity index (χ0n) is 16.0. The van der Waals surface area contributed by atoms with Crippen LogP contribution < -0.4 is 5.32 Å². The van der Waals surface area contributed by atoms with Crippen molar-refractivity contribution in [2.45, 2.75) is 26.8 Å². The molecule has 0 aliphatic carbocycles. The lowest BCUT2D eigenvalue weighted by atomic mass is 10.1. The standard InChI is InChI=1S/C19H30N4O2/c1-14-7-6-8-17(15(14)2)20-18(24)13-22-9-11-23(12-10-22)16(3)19(25)21(4)5/h6-8,16H,9-13H2,1-5H3,(H,20,24)/t16-/m0/s1. The van der Waals surface area contributed by atoms with Crippen LogP contribution in [0.4, 0.5) is 5.69 Å². The highest BCUT2D eigenvalue weighted by atomic mass is 16.2. The third-order valence-corrected chi connectivity index (χ3v) is 5.00. The summed E-state index contributed by atoms with van der Waals surface area (Å²) in [5, 5.41) is 3.01. The van der Waals surface area contributed by atoms with Crippen molar-refractivity contribution in [2.75, 3.05) is 52.1 Å². The molecule has 1 aromatic carbocycles. The number of hydrogen-bond acceptors (Lipinski definition) is 4. The van der Waals surface area contributed by atoms with Gasteiger partial charge in [-0.1, -0.05) is 12.1 Å². The number of piperazine rings is 1. The second-order valence-corrected chi connectivity index (χ2v) is 7.02. The topological polar surface area (TPSA) is 55.9 Å². The van der Waals surface area contributed by atoms with Crippen LogP contribution in [-0.2, 0) is 9.59 Å². The maximum atomic E-state index is 12.3. The quantitative estimate of drug-likeness (QED) is 0.874. The summed E-state index contributed by atoms with van der Waals surface area (Å²) in [4.78, 5) is 30.4. The highest BCUT2D eigenvalue weighted by Gasteiger charge is 2.27. The van der Waals surface area contributed by atoms with Gasteiger partial charge >= 0.3 is 0 Å². The Hall–Kier alpha value is -1.92. The molecule has 1 aromatic rings. The minimum atomic E-state index is -0.110. The minimum absolute atomic E-state index is 0.0135. The Labute approximate surface area is 150 Å². The summed E-state index contributed by atoms with van der Waals surface area (Å²) in [6.45, 7) is 9.60. The molecule has 1 heterocycles. The van der Waals surface area contributed by atoms with Crippen molar-refractivity contribution in [3.05, 3.63) is 29.3 Å². The first kappa shape index (κ1) is 19.4. The van der Waals surface area contributed by atoms with Crippen molar-refractivity contribution in [1.29, 1.82) is 0 Å². The molecule has 0 radical (unpaired) electrons. The van der Waals surface area contributed by atoms with E-state index in [0.29, 0.717) is 6.54 Å². The van der Waals surface area contributed by atoms with E-state index in [-0.39, 0.29) is 17.9 Å². The molecule has 1 saturated heterocycles. The van der Waals surface area contributed by atoms with E-state index in [9.17, 15) is 9.59 Å². The number of carbonyl (C=O) groups is 2. The fourth-order valence-electron chi connectivity index (χ4n) is 3.12. The van der Waals surface area contributed by atoms with Crippen molar-refractivity contribution >= 4 is 17.5 Å². The number of likely N-dealkylation sites (N-methyl/N-ethyl adjacent to an activating group) is 1. The van der Waals surface area contributed by atoms with Gasteiger partial charge in [-0.25, -0.2) is 0 Å². The number of anilines is 1. The summed E-state index contributed by atoms with van der Waals surface area (Å²) in [5.41, 5.74) is 3.16. The van der Waals surface area contributed by atoms with Gasteiger partial charge in [-0.15, -0.1) is 0 Å². The molecule has 0 unspecified atom stereocenters. The van der Waals surface area contributed by atoms with E-state index in [2.05, 4.69) is 15.1 Å². The van der Waals surface area contributed by atoms with E-state index in [0.717, 1.165) is 37.4 Å². The second kappa shape index (κ2) is 8.45. The third kappa shape index (κ3) is 5.03.